The molecule has 2 heterocycles. The van der Waals surface area contributed by atoms with Crippen LogP contribution in [-0.4, -0.2) is 23.7 Å². The maximum Gasteiger partial charge on any atom is 0.136 e. The van der Waals surface area contributed by atoms with Crippen LogP contribution in [0.25, 0.3) is 0 Å². The molecule has 0 saturated heterocycles. The van der Waals surface area contributed by atoms with Gasteiger partial charge in [0.25, 0.3) is 0 Å². The molecule has 1 atom stereocenters. The highest BCUT2D eigenvalue weighted by molar-refractivity contribution is 6.23. The number of allylic oxidation sites excluding steroid dienone is 1. The van der Waals surface area contributed by atoms with Crippen LogP contribution >= 0.6 is 0 Å². The van der Waals surface area contributed by atoms with E-state index in [2.05, 4.69) is 29.0 Å². The lowest BCUT2D eigenvalue weighted by Crippen LogP contribution is -2.33. The van der Waals surface area contributed by atoms with Crippen molar-refractivity contribution in [2.75, 3.05) is 0 Å². The van der Waals surface area contributed by atoms with Gasteiger partial charge in [-0.3, -0.25) is 4.99 Å². The van der Waals surface area contributed by atoms with Crippen LogP contribution < -0.4 is 5.73 Å². The molecule has 0 aliphatic carbocycles. The van der Waals surface area contributed by atoms with E-state index in [4.69, 9.17) is 5.73 Å². The number of nitrogens with zero attached hydrogens (tertiary/aromatic N) is 3. The van der Waals surface area contributed by atoms with Crippen LogP contribution in [0.5, 0.6) is 0 Å². The summed E-state index contributed by atoms with van der Waals surface area (Å²) in [6.07, 6.45) is 3.48. The maximum absolute atomic E-state index is 5.75. The zero-order valence-electron chi connectivity index (χ0n) is 7.73. The minimum atomic E-state index is -0.0231. The van der Waals surface area contributed by atoms with Gasteiger partial charge in [0.15, 0.2) is 0 Å². The van der Waals surface area contributed by atoms with Crippen molar-refractivity contribution in [3.63, 3.8) is 0 Å². The van der Waals surface area contributed by atoms with Gasteiger partial charge in [-0.2, -0.15) is 10.2 Å². The molecular formula is C9H12N4. The van der Waals surface area contributed by atoms with Gasteiger partial charge in [-0.05, 0) is 12.0 Å². The Kier molecular flexibility index (Phi) is 1.76. The number of dihydropyridines is 1. The van der Waals surface area contributed by atoms with Crippen LogP contribution in [0.4, 0.5) is 0 Å². The number of rotatable bonds is 1. The van der Waals surface area contributed by atoms with Gasteiger partial charge in [0.05, 0.1) is 11.4 Å². The van der Waals surface area contributed by atoms with Crippen LogP contribution in [-0.2, 0) is 0 Å². The SMILES string of the molecule is CC(C)C1=NN=C2C(N)=CC=NC21. The van der Waals surface area contributed by atoms with Crippen molar-refractivity contribution in [2.45, 2.75) is 19.9 Å². The summed E-state index contributed by atoms with van der Waals surface area (Å²) in [6, 6.07) is -0.0231. The summed E-state index contributed by atoms with van der Waals surface area (Å²) < 4.78 is 0. The van der Waals surface area contributed by atoms with E-state index in [9.17, 15) is 0 Å². The molecule has 68 valence electrons. The first-order chi connectivity index (χ1) is 6.20. The first kappa shape index (κ1) is 8.16. The molecule has 4 nitrogen and oxygen atoms in total. The van der Waals surface area contributed by atoms with Gasteiger partial charge in [0.2, 0.25) is 0 Å². The summed E-state index contributed by atoms with van der Waals surface area (Å²) in [4.78, 5) is 4.30. The lowest BCUT2D eigenvalue weighted by atomic mass is 9.96. The van der Waals surface area contributed by atoms with E-state index in [1.54, 1.807) is 12.3 Å². The predicted octanol–water partition coefficient (Wildman–Crippen LogP) is 0.749. The van der Waals surface area contributed by atoms with Crippen LogP contribution in [0.3, 0.4) is 0 Å². The molecule has 0 spiro atoms. The fourth-order valence-electron chi connectivity index (χ4n) is 1.45. The molecule has 2 N–H and O–H groups in total. The molecule has 2 aliphatic heterocycles. The van der Waals surface area contributed by atoms with Crippen LogP contribution in [0.2, 0.25) is 0 Å². The van der Waals surface area contributed by atoms with Crippen molar-refractivity contribution < 1.29 is 0 Å². The standard InChI is InChI=1S/C9H12N4/c1-5(2)7-9-8(13-12-7)6(10)3-4-11-9/h3-5,9H,10H2,1-2H3. The monoisotopic (exact) mass is 176 g/mol. The third-order valence-corrected chi connectivity index (χ3v) is 2.19. The van der Waals surface area contributed by atoms with Gasteiger partial charge >= 0.3 is 0 Å². The molecule has 0 bridgehead atoms. The summed E-state index contributed by atoms with van der Waals surface area (Å²) in [5.74, 6) is 0.370. The summed E-state index contributed by atoms with van der Waals surface area (Å²) in [5, 5.41) is 8.14. The Labute approximate surface area is 77.0 Å². The van der Waals surface area contributed by atoms with Crippen LogP contribution in [0, 0.1) is 5.92 Å². The van der Waals surface area contributed by atoms with E-state index in [0.29, 0.717) is 11.6 Å². The number of hydrogen-bond donors (Lipinski definition) is 1. The maximum atomic E-state index is 5.75. The summed E-state index contributed by atoms with van der Waals surface area (Å²) in [5.41, 5.74) is 8.23. The van der Waals surface area contributed by atoms with Crippen molar-refractivity contribution in [2.24, 2.45) is 26.8 Å². The molecule has 0 saturated carbocycles. The molecule has 0 amide bonds. The molecule has 0 aromatic rings. The number of aliphatic imine (C=N–C) groups is 1. The molecular weight excluding hydrogens is 164 g/mol. The Morgan fingerprint density at radius 1 is 1.38 bits per heavy atom. The molecule has 0 fully saturated rings. The molecule has 1 unspecified atom stereocenters. The van der Waals surface area contributed by atoms with Gasteiger partial charge in [-0.25, -0.2) is 0 Å². The quantitative estimate of drug-likeness (QED) is 0.629. The fourth-order valence-corrected chi connectivity index (χ4v) is 1.45. The lowest BCUT2D eigenvalue weighted by molar-refractivity contribution is 0.850. The van der Waals surface area contributed by atoms with Crippen molar-refractivity contribution in [1.82, 2.24) is 0 Å². The highest BCUT2D eigenvalue weighted by Crippen LogP contribution is 2.18. The van der Waals surface area contributed by atoms with Crippen molar-refractivity contribution in [1.29, 1.82) is 0 Å². The Hall–Kier alpha value is -1.45. The topological polar surface area (TPSA) is 63.1 Å². The third-order valence-electron chi connectivity index (χ3n) is 2.19. The summed E-state index contributed by atoms with van der Waals surface area (Å²) >= 11 is 0. The molecule has 0 aromatic carbocycles. The second-order valence-electron chi connectivity index (χ2n) is 3.49. The van der Waals surface area contributed by atoms with E-state index in [1.807, 2.05) is 0 Å². The van der Waals surface area contributed by atoms with E-state index in [-0.39, 0.29) is 6.04 Å². The minimum Gasteiger partial charge on any atom is -0.397 e. The van der Waals surface area contributed by atoms with Gasteiger partial charge in [0.1, 0.15) is 11.8 Å². The highest BCUT2D eigenvalue weighted by atomic mass is 15.3. The Balaban J connectivity index is 2.31. The zero-order valence-corrected chi connectivity index (χ0v) is 7.73. The highest BCUT2D eigenvalue weighted by Gasteiger charge is 2.30. The van der Waals surface area contributed by atoms with Crippen LogP contribution in [0.15, 0.2) is 27.0 Å². The van der Waals surface area contributed by atoms with Crippen LogP contribution in [0.1, 0.15) is 13.8 Å². The second kappa shape index (κ2) is 2.80. The molecule has 13 heavy (non-hydrogen) atoms. The summed E-state index contributed by atoms with van der Waals surface area (Å²) in [7, 11) is 0. The van der Waals surface area contributed by atoms with Gasteiger partial charge in [-0.15, -0.1) is 0 Å². The number of nitrogens with two attached hydrogens (primary N) is 1. The van der Waals surface area contributed by atoms with Gasteiger partial charge in [0, 0.05) is 6.21 Å². The Bertz CT molecular complexity index is 347. The average Bonchev–Trinajstić information content (AvgIpc) is 2.48. The van der Waals surface area contributed by atoms with E-state index < -0.39 is 0 Å². The van der Waals surface area contributed by atoms with E-state index in [0.717, 1.165) is 11.4 Å². The first-order valence-electron chi connectivity index (χ1n) is 4.35. The molecule has 2 rings (SSSR count). The smallest absolute Gasteiger partial charge is 0.136 e. The Morgan fingerprint density at radius 2 is 2.15 bits per heavy atom. The number of fused-ring (bicyclic) bond motifs is 1. The normalized spacial score (nSPS) is 25.5. The second-order valence-corrected chi connectivity index (χ2v) is 3.49. The van der Waals surface area contributed by atoms with Crippen molar-refractivity contribution >= 4 is 17.6 Å². The fraction of sp³-hybridized carbons (Fsp3) is 0.444. The largest absolute Gasteiger partial charge is 0.397 e. The number of hydrogen-bond acceptors (Lipinski definition) is 4. The van der Waals surface area contributed by atoms with E-state index >= 15 is 0 Å². The third kappa shape index (κ3) is 1.18. The van der Waals surface area contributed by atoms with Gasteiger partial charge in [-0.1, -0.05) is 13.8 Å². The predicted molar refractivity (Wildman–Crippen MR) is 54.3 cm³/mol. The molecule has 0 radical (unpaired) electrons. The van der Waals surface area contributed by atoms with Gasteiger partial charge < -0.3 is 5.73 Å². The molecule has 2 aliphatic rings. The van der Waals surface area contributed by atoms with Crippen molar-refractivity contribution in [3.05, 3.63) is 11.8 Å². The van der Waals surface area contributed by atoms with E-state index in [1.165, 1.54) is 0 Å². The van der Waals surface area contributed by atoms with Crippen molar-refractivity contribution in [3.8, 4) is 0 Å². The lowest BCUT2D eigenvalue weighted by Gasteiger charge is -2.15. The minimum absolute atomic E-state index is 0.0231. The molecule has 0 aromatic heterocycles. The Morgan fingerprint density at radius 3 is 2.85 bits per heavy atom. The first-order valence-corrected chi connectivity index (χ1v) is 4.35. The average molecular weight is 176 g/mol. The zero-order chi connectivity index (χ0) is 9.42. The summed E-state index contributed by atoms with van der Waals surface area (Å²) in [6.45, 7) is 4.17. The molecule has 4 heteroatoms.